The largest absolute Gasteiger partial charge is 0.452 e. The van der Waals surface area contributed by atoms with E-state index in [0.29, 0.717) is 11.3 Å². The number of anilines is 1. The summed E-state index contributed by atoms with van der Waals surface area (Å²) in [4.78, 5) is 26.5. The molecule has 168 valence electrons. The maximum absolute atomic E-state index is 12.9. The lowest BCUT2D eigenvalue weighted by Crippen LogP contribution is -2.44. The molecule has 0 aliphatic heterocycles. The number of sulfonamides is 1. The van der Waals surface area contributed by atoms with Gasteiger partial charge in [-0.3, -0.25) is 9.52 Å². The summed E-state index contributed by atoms with van der Waals surface area (Å²) in [7, 11) is -3.91. The Balaban J connectivity index is 2.18. The van der Waals surface area contributed by atoms with Crippen LogP contribution in [0, 0.1) is 13.8 Å². The second kappa shape index (κ2) is 9.96. The van der Waals surface area contributed by atoms with Gasteiger partial charge in [0.05, 0.1) is 10.5 Å². The molecule has 2 aromatic carbocycles. The lowest BCUT2D eigenvalue weighted by Gasteiger charge is -2.30. The van der Waals surface area contributed by atoms with Crippen LogP contribution < -0.4 is 4.72 Å². The standard InChI is InChI=1S/C23H30N2O5S/c1-15(2)25(16(3)4)22(26)14-30-23(27)19-10-9-18(6)21(13-19)31(28,29)24-20-11-7-17(5)8-12-20/h7-13,15-16,24H,14H2,1-6H3. The minimum Gasteiger partial charge on any atom is -0.452 e. The Hall–Kier alpha value is -2.87. The zero-order valence-electron chi connectivity index (χ0n) is 18.8. The quantitative estimate of drug-likeness (QED) is 0.621. The number of benzene rings is 2. The first-order valence-electron chi connectivity index (χ1n) is 10.1. The van der Waals surface area contributed by atoms with Crippen LogP contribution in [0.4, 0.5) is 5.69 Å². The molecule has 0 heterocycles. The lowest BCUT2D eigenvalue weighted by molar-refractivity contribution is -0.138. The van der Waals surface area contributed by atoms with Gasteiger partial charge in [-0.05, 0) is 71.4 Å². The molecule has 1 N–H and O–H groups in total. The molecule has 0 radical (unpaired) electrons. The summed E-state index contributed by atoms with van der Waals surface area (Å²) < 4.78 is 33.4. The molecule has 0 atom stereocenters. The molecule has 0 fully saturated rings. The third-order valence-electron chi connectivity index (χ3n) is 4.74. The fourth-order valence-corrected chi connectivity index (χ4v) is 4.64. The van der Waals surface area contributed by atoms with E-state index < -0.39 is 22.6 Å². The molecule has 8 heteroatoms. The van der Waals surface area contributed by atoms with Gasteiger partial charge >= 0.3 is 5.97 Å². The van der Waals surface area contributed by atoms with Crippen molar-refractivity contribution in [3.63, 3.8) is 0 Å². The van der Waals surface area contributed by atoms with Gasteiger partial charge in [0.25, 0.3) is 15.9 Å². The predicted octanol–water partition coefficient (Wildman–Crippen LogP) is 3.91. The number of amides is 1. The van der Waals surface area contributed by atoms with Gasteiger partial charge in [0.15, 0.2) is 6.61 Å². The SMILES string of the molecule is Cc1ccc(NS(=O)(=O)c2cc(C(=O)OCC(=O)N(C(C)C)C(C)C)ccc2C)cc1. The minimum absolute atomic E-state index is 0.0279. The predicted molar refractivity (Wildman–Crippen MR) is 121 cm³/mol. The molecule has 7 nitrogen and oxygen atoms in total. The number of esters is 1. The van der Waals surface area contributed by atoms with Crippen LogP contribution in [0.1, 0.15) is 49.2 Å². The molecule has 0 spiro atoms. The van der Waals surface area contributed by atoms with Gasteiger partial charge in [-0.25, -0.2) is 13.2 Å². The molecule has 0 saturated carbocycles. The summed E-state index contributed by atoms with van der Waals surface area (Å²) >= 11 is 0. The van der Waals surface area contributed by atoms with Crippen molar-refractivity contribution in [2.75, 3.05) is 11.3 Å². The van der Waals surface area contributed by atoms with E-state index in [0.717, 1.165) is 5.56 Å². The second-order valence-corrected chi connectivity index (χ2v) is 9.67. The number of nitrogens with zero attached hydrogens (tertiary/aromatic N) is 1. The highest BCUT2D eigenvalue weighted by Crippen LogP contribution is 2.21. The Morgan fingerprint density at radius 3 is 2.10 bits per heavy atom. The van der Waals surface area contributed by atoms with E-state index >= 15 is 0 Å². The van der Waals surface area contributed by atoms with E-state index in [1.54, 1.807) is 36.1 Å². The third kappa shape index (κ3) is 6.30. The van der Waals surface area contributed by atoms with Gasteiger partial charge in [0, 0.05) is 17.8 Å². The van der Waals surface area contributed by atoms with E-state index in [1.807, 2.05) is 34.6 Å². The molecule has 0 aliphatic rings. The van der Waals surface area contributed by atoms with Crippen LogP contribution in [-0.4, -0.2) is 43.9 Å². The normalized spacial score (nSPS) is 11.5. The number of carbonyl (C=O) groups excluding carboxylic acids is 2. The topological polar surface area (TPSA) is 92.8 Å². The molecule has 2 rings (SSSR count). The Labute approximate surface area is 184 Å². The number of aryl methyl sites for hydroxylation is 2. The zero-order chi connectivity index (χ0) is 23.3. The molecule has 0 saturated heterocycles. The van der Waals surface area contributed by atoms with Crippen LogP contribution >= 0.6 is 0 Å². The monoisotopic (exact) mass is 446 g/mol. The maximum atomic E-state index is 12.9. The van der Waals surface area contributed by atoms with E-state index in [1.165, 1.54) is 18.2 Å². The molecule has 0 aliphatic carbocycles. The summed E-state index contributed by atoms with van der Waals surface area (Å²) in [5.74, 6) is -1.06. The van der Waals surface area contributed by atoms with E-state index in [4.69, 9.17) is 4.74 Å². The first-order chi connectivity index (χ1) is 14.4. The van der Waals surface area contributed by atoms with Crippen molar-refractivity contribution in [2.24, 2.45) is 0 Å². The summed E-state index contributed by atoms with van der Waals surface area (Å²) in [6.07, 6.45) is 0. The molecule has 31 heavy (non-hydrogen) atoms. The van der Waals surface area contributed by atoms with Gasteiger partial charge < -0.3 is 9.64 Å². The summed E-state index contributed by atoms with van der Waals surface area (Å²) in [6.45, 7) is 10.7. The Morgan fingerprint density at radius 2 is 1.55 bits per heavy atom. The number of carbonyl (C=O) groups is 2. The minimum atomic E-state index is -3.91. The highest BCUT2D eigenvalue weighted by Gasteiger charge is 2.23. The Morgan fingerprint density at radius 1 is 0.968 bits per heavy atom. The van der Waals surface area contributed by atoms with Crippen LogP contribution in [0.25, 0.3) is 0 Å². The van der Waals surface area contributed by atoms with Crippen molar-refractivity contribution in [3.05, 3.63) is 59.2 Å². The van der Waals surface area contributed by atoms with Gasteiger partial charge in [-0.2, -0.15) is 0 Å². The Kier molecular flexibility index (Phi) is 7.84. The van der Waals surface area contributed by atoms with Crippen molar-refractivity contribution in [3.8, 4) is 0 Å². The molecule has 2 aromatic rings. The average Bonchev–Trinajstić information content (AvgIpc) is 2.67. The Bertz CT molecular complexity index is 1040. The van der Waals surface area contributed by atoms with Gasteiger partial charge in [0.2, 0.25) is 0 Å². The number of hydrogen-bond donors (Lipinski definition) is 1. The van der Waals surface area contributed by atoms with Gasteiger partial charge in [-0.1, -0.05) is 23.8 Å². The van der Waals surface area contributed by atoms with E-state index in [9.17, 15) is 18.0 Å². The van der Waals surface area contributed by atoms with Crippen LogP contribution in [0.5, 0.6) is 0 Å². The van der Waals surface area contributed by atoms with Crippen molar-refractivity contribution in [2.45, 2.75) is 58.5 Å². The third-order valence-corrected chi connectivity index (χ3v) is 6.27. The second-order valence-electron chi connectivity index (χ2n) is 8.02. The van der Waals surface area contributed by atoms with Crippen molar-refractivity contribution < 1.29 is 22.7 Å². The number of rotatable bonds is 8. The summed E-state index contributed by atoms with van der Waals surface area (Å²) in [6, 6.07) is 11.2. The maximum Gasteiger partial charge on any atom is 0.338 e. The van der Waals surface area contributed by atoms with E-state index in [2.05, 4.69) is 4.72 Å². The highest BCUT2D eigenvalue weighted by atomic mass is 32.2. The van der Waals surface area contributed by atoms with Crippen LogP contribution in [-0.2, 0) is 19.6 Å². The molecule has 0 bridgehead atoms. The summed E-state index contributed by atoms with van der Waals surface area (Å²) in [5, 5.41) is 0. The van der Waals surface area contributed by atoms with Crippen molar-refractivity contribution in [1.29, 1.82) is 0 Å². The van der Waals surface area contributed by atoms with Crippen LogP contribution in [0.15, 0.2) is 47.4 Å². The average molecular weight is 447 g/mol. The molecule has 0 aromatic heterocycles. The van der Waals surface area contributed by atoms with Crippen molar-refractivity contribution >= 4 is 27.6 Å². The summed E-state index contributed by atoms with van der Waals surface area (Å²) in [5.41, 5.74) is 1.97. The lowest BCUT2D eigenvalue weighted by atomic mass is 10.1. The van der Waals surface area contributed by atoms with Crippen LogP contribution in [0.2, 0.25) is 0 Å². The smallest absolute Gasteiger partial charge is 0.338 e. The first kappa shape index (κ1) is 24.4. The zero-order valence-corrected chi connectivity index (χ0v) is 19.6. The number of hydrogen-bond acceptors (Lipinski definition) is 5. The number of ether oxygens (including phenoxy) is 1. The fraction of sp³-hybridized carbons (Fsp3) is 0.391. The molecule has 0 unspecified atom stereocenters. The fourth-order valence-electron chi connectivity index (χ4n) is 3.31. The van der Waals surface area contributed by atoms with Crippen LogP contribution in [0.3, 0.4) is 0 Å². The highest BCUT2D eigenvalue weighted by molar-refractivity contribution is 7.92. The number of nitrogens with one attached hydrogen (secondary N) is 1. The molecular weight excluding hydrogens is 416 g/mol. The van der Waals surface area contributed by atoms with Gasteiger partial charge in [0.1, 0.15) is 0 Å². The molecule has 1 amide bonds. The first-order valence-corrected chi connectivity index (χ1v) is 11.6. The van der Waals surface area contributed by atoms with Crippen molar-refractivity contribution in [1.82, 2.24) is 4.90 Å². The molecular formula is C23H30N2O5S. The van der Waals surface area contributed by atoms with Gasteiger partial charge in [-0.15, -0.1) is 0 Å². The van der Waals surface area contributed by atoms with E-state index in [-0.39, 0.29) is 28.4 Å².